The zero-order valence-corrected chi connectivity index (χ0v) is 10.8. The summed E-state index contributed by atoms with van der Waals surface area (Å²) in [6, 6.07) is 0. The van der Waals surface area contributed by atoms with E-state index in [1.807, 2.05) is 6.92 Å². The minimum Gasteiger partial charge on any atom is -0.368 e. The van der Waals surface area contributed by atoms with Crippen molar-refractivity contribution in [3.05, 3.63) is 5.82 Å². The highest BCUT2D eigenvalue weighted by molar-refractivity contribution is 7.99. The van der Waals surface area contributed by atoms with Crippen LogP contribution in [0.25, 0.3) is 0 Å². The van der Waals surface area contributed by atoms with E-state index in [1.165, 1.54) is 0 Å². The summed E-state index contributed by atoms with van der Waals surface area (Å²) < 4.78 is 0. The number of aromatic nitrogens is 3. The Kier molecular flexibility index (Phi) is 3.39. The summed E-state index contributed by atoms with van der Waals surface area (Å²) in [5, 5.41) is 11.0. The Labute approximate surface area is 104 Å². The lowest BCUT2D eigenvalue weighted by molar-refractivity contribution is -0.124. The molecule has 4 N–H and O–H groups in total. The van der Waals surface area contributed by atoms with Crippen LogP contribution in [0.3, 0.4) is 0 Å². The Morgan fingerprint density at radius 3 is 2.94 bits per heavy atom. The van der Waals surface area contributed by atoms with E-state index in [4.69, 9.17) is 5.73 Å². The number of hydrogen-bond acceptors (Lipinski definition) is 5. The van der Waals surface area contributed by atoms with E-state index in [0.717, 1.165) is 30.2 Å². The van der Waals surface area contributed by atoms with Gasteiger partial charge in [0.1, 0.15) is 5.82 Å². The molecule has 1 heterocycles. The second-order valence-electron chi connectivity index (χ2n) is 4.38. The Morgan fingerprint density at radius 1 is 1.71 bits per heavy atom. The third-order valence-electron chi connectivity index (χ3n) is 3.27. The van der Waals surface area contributed by atoms with E-state index in [0.29, 0.717) is 5.25 Å². The number of nitrogens with one attached hydrogen (secondary N) is 2. The van der Waals surface area contributed by atoms with Crippen molar-refractivity contribution in [3.8, 4) is 0 Å². The molecule has 0 bridgehead atoms. The lowest BCUT2D eigenvalue weighted by Crippen LogP contribution is -2.52. The maximum absolute atomic E-state index is 11.5. The van der Waals surface area contributed by atoms with Gasteiger partial charge in [0.05, 0.1) is 5.54 Å². The molecule has 1 fully saturated rings. The van der Waals surface area contributed by atoms with Crippen LogP contribution in [-0.2, 0) is 4.79 Å². The van der Waals surface area contributed by atoms with Crippen LogP contribution in [0.5, 0.6) is 0 Å². The van der Waals surface area contributed by atoms with Crippen LogP contribution in [0, 0.1) is 6.92 Å². The van der Waals surface area contributed by atoms with Crippen LogP contribution in [0.15, 0.2) is 5.16 Å². The van der Waals surface area contributed by atoms with E-state index in [2.05, 4.69) is 20.5 Å². The lowest BCUT2D eigenvalue weighted by atomic mass is 9.97. The van der Waals surface area contributed by atoms with Crippen LogP contribution in [0.4, 0.5) is 0 Å². The quantitative estimate of drug-likeness (QED) is 0.714. The van der Waals surface area contributed by atoms with Gasteiger partial charge >= 0.3 is 0 Å². The van der Waals surface area contributed by atoms with Gasteiger partial charge in [0.25, 0.3) is 0 Å². The van der Waals surface area contributed by atoms with Crippen molar-refractivity contribution in [2.75, 3.05) is 7.05 Å². The van der Waals surface area contributed by atoms with Crippen molar-refractivity contribution >= 4 is 17.7 Å². The van der Waals surface area contributed by atoms with E-state index < -0.39 is 5.54 Å². The summed E-state index contributed by atoms with van der Waals surface area (Å²) in [7, 11) is 1.79. The number of thioether (sulfide) groups is 1. The summed E-state index contributed by atoms with van der Waals surface area (Å²) >= 11 is 1.61. The predicted molar refractivity (Wildman–Crippen MR) is 65.6 cm³/mol. The van der Waals surface area contributed by atoms with Crippen molar-refractivity contribution in [1.82, 2.24) is 20.5 Å². The van der Waals surface area contributed by atoms with Crippen molar-refractivity contribution in [2.24, 2.45) is 5.73 Å². The number of carbonyl (C=O) groups is 1. The standard InChI is InChI=1S/C10H17N5OS/c1-6-13-9(15-14-6)17-7-3-4-10(5-7,12-2)8(11)16/h7,12H,3-5H2,1-2H3,(H2,11,16)(H,13,14,15). The molecule has 1 aliphatic rings. The number of aromatic amines is 1. The monoisotopic (exact) mass is 255 g/mol. The smallest absolute Gasteiger partial charge is 0.237 e. The zero-order chi connectivity index (χ0) is 12.5. The predicted octanol–water partition coefficient (Wildman–Crippen LogP) is 0.201. The maximum Gasteiger partial charge on any atom is 0.237 e. The van der Waals surface area contributed by atoms with Crippen LogP contribution in [-0.4, -0.2) is 38.9 Å². The summed E-state index contributed by atoms with van der Waals surface area (Å²) in [5.41, 5.74) is 4.90. The summed E-state index contributed by atoms with van der Waals surface area (Å²) in [5.74, 6) is 0.537. The number of nitrogens with zero attached hydrogens (tertiary/aromatic N) is 2. The molecule has 2 atom stereocenters. The number of primary amides is 1. The molecule has 0 spiro atoms. The van der Waals surface area contributed by atoms with E-state index in [-0.39, 0.29) is 5.91 Å². The third kappa shape index (κ3) is 2.44. The fourth-order valence-electron chi connectivity index (χ4n) is 2.20. The van der Waals surface area contributed by atoms with Gasteiger partial charge in [0.2, 0.25) is 11.1 Å². The number of aryl methyl sites for hydroxylation is 1. The average Bonchev–Trinajstić information content (AvgIpc) is 2.87. The largest absolute Gasteiger partial charge is 0.368 e. The molecule has 0 radical (unpaired) electrons. The zero-order valence-electron chi connectivity index (χ0n) is 9.99. The maximum atomic E-state index is 11.5. The summed E-state index contributed by atoms with van der Waals surface area (Å²) in [4.78, 5) is 15.7. The van der Waals surface area contributed by atoms with Crippen LogP contribution in [0.1, 0.15) is 25.1 Å². The molecule has 6 nitrogen and oxygen atoms in total. The molecule has 1 aromatic rings. The second kappa shape index (κ2) is 4.66. The molecule has 1 saturated carbocycles. The minimum atomic E-state index is -0.553. The first-order valence-electron chi connectivity index (χ1n) is 5.60. The first-order chi connectivity index (χ1) is 8.05. The fourth-order valence-corrected chi connectivity index (χ4v) is 3.39. The molecule has 7 heteroatoms. The van der Waals surface area contributed by atoms with Crippen molar-refractivity contribution in [2.45, 2.75) is 42.1 Å². The molecule has 2 rings (SSSR count). The highest BCUT2D eigenvalue weighted by atomic mass is 32.2. The summed E-state index contributed by atoms with van der Waals surface area (Å²) in [6.45, 7) is 1.87. The van der Waals surface area contributed by atoms with Crippen LogP contribution < -0.4 is 11.1 Å². The number of carbonyl (C=O) groups excluding carboxylic acids is 1. The minimum absolute atomic E-state index is 0.269. The highest BCUT2D eigenvalue weighted by Gasteiger charge is 2.43. The van der Waals surface area contributed by atoms with E-state index in [9.17, 15) is 4.79 Å². The second-order valence-corrected chi connectivity index (χ2v) is 5.65. The topological polar surface area (TPSA) is 96.7 Å². The molecule has 1 amide bonds. The van der Waals surface area contributed by atoms with Gasteiger partial charge in [-0.15, -0.1) is 5.10 Å². The number of nitrogens with two attached hydrogens (primary N) is 1. The molecular formula is C10H17N5OS. The number of rotatable bonds is 4. The van der Waals surface area contributed by atoms with Crippen LogP contribution >= 0.6 is 11.8 Å². The first kappa shape index (κ1) is 12.4. The molecular weight excluding hydrogens is 238 g/mol. The lowest BCUT2D eigenvalue weighted by Gasteiger charge is -2.24. The van der Waals surface area contributed by atoms with Gasteiger partial charge < -0.3 is 11.1 Å². The van der Waals surface area contributed by atoms with Gasteiger partial charge in [-0.1, -0.05) is 11.8 Å². The summed E-state index contributed by atoms with van der Waals surface area (Å²) in [6.07, 6.45) is 2.46. The number of likely N-dealkylation sites (N-methyl/N-ethyl adjacent to an activating group) is 1. The number of hydrogen-bond donors (Lipinski definition) is 3. The highest BCUT2D eigenvalue weighted by Crippen LogP contribution is 2.38. The molecule has 0 aliphatic heterocycles. The molecule has 1 aromatic heterocycles. The average molecular weight is 255 g/mol. The molecule has 17 heavy (non-hydrogen) atoms. The van der Waals surface area contributed by atoms with Gasteiger partial charge in [-0.25, -0.2) is 4.98 Å². The van der Waals surface area contributed by atoms with Gasteiger partial charge in [0, 0.05) is 5.25 Å². The van der Waals surface area contributed by atoms with E-state index in [1.54, 1.807) is 18.8 Å². The first-order valence-corrected chi connectivity index (χ1v) is 6.48. The Hall–Kier alpha value is -1.08. The SMILES string of the molecule is CNC1(C(N)=O)CCC(Sc2n[nH]c(C)n2)C1. The van der Waals surface area contributed by atoms with Gasteiger partial charge in [-0.3, -0.25) is 9.89 Å². The van der Waals surface area contributed by atoms with Gasteiger partial charge in [-0.05, 0) is 33.2 Å². The Bertz CT molecular complexity index is 421. The molecule has 1 aliphatic carbocycles. The molecule has 0 aromatic carbocycles. The number of H-pyrrole nitrogens is 1. The van der Waals surface area contributed by atoms with Crippen molar-refractivity contribution < 1.29 is 4.79 Å². The van der Waals surface area contributed by atoms with Gasteiger partial charge in [-0.2, -0.15) is 0 Å². The molecule has 94 valence electrons. The third-order valence-corrected chi connectivity index (χ3v) is 4.40. The van der Waals surface area contributed by atoms with Crippen molar-refractivity contribution in [3.63, 3.8) is 0 Å². The number of amides is 1. The Balaban J connectivity index is 2.00. The Morgan fingerprint density at radius 2 is 2.47 bits per heavy atom. The molecule has 2 unspecified atom stereocenters. The fraction of sp³-hybridized carbons (Fsp3) is 0.700. The van der Waals surface area contributed by atoms with Crippen LogP contribution in [0.2, 0.25) is 0 Å². The van der Waals surface area contributed by atoms with Crippen molar-refractivity contribution in [1.29, 1.82) is 0 Å². The van der Waals surface area contributed by atoms with E-state index >= 15 is 0 Å². The van der Waals surface area contributed by atoms with Gasteiger partial charge in [0.15, 0.2) is 0 Å². The molecule has 0 saturated heterocycles. The normalized spacial score (nSPS) is 28.5.